The van der Waals surface area contributed by atoms with E-state index in [1.807, 2.05) is 6.07 Å². The standard InChI is InChI=1S/C17H19N3O3/c21-16(9-12-4-5-13-2-1-3-14(13)8-12)18-6-7-20-10-15(17(22)23)19-11-20/h4-5,8,10-11H,1-3,6-7,9H2,(H,18,21)(H,22,23). The first-order chi connectivity index (χ1) is 11.1. The number of fused-ring (bicyclic) bond motifs is 1. The van der Waals surface area contributed by atoms with Crippen LogP contribution in [0.1, 0.15) is 33.6 Å². The number of rotatable bonds is 6. The van der Waals surface area contributed by atoms with Crippen LogP contribution in [-0.4, -0.2) is 33.1 Å². The molecule has 23 heavy (non-hydrogen) atoms. The van der Waals surface area contributed by atoms with E-state index in [1.54, 1.807) is 4.57 Å². The van der Waals surface area contributed by atoms with Crippen molar-refractivity contribution in [3.8, 4) is 0 Å². The number of imidazole rings is 1. The molecule has 0 unspecified atom stereocenters. The fourth-order valence-electron chi connectivity index (χ4n) is 2.90. The van der Waals surface area contributed by atoms with Crippen molar-refractivity contribution in [3.05, 3.63) is 53.1 Å². The second-order valence-corrected chi connectivity index (χ2v) is 5.79. The molecule has 0 saturated heterocycles. The van der Waals surface area contributed by atoms with E-state index in [1.165, 1.54) is 30.1 Å². The summed E-state index contributed by atoms with van der Waals surface area (Å²) < 4.78 is 1.65. The van der Waals surface area contributed by atoms with Crippen LogP contribution in [0.5, 0.6) is 0 Å². The van der Waals surface area contributed by atoms with Crippen molar-refractivity contribution in [2.45, 2.75) is 32.2 Å². The van der Waals surface area contributed by atoms with Gasteiger partial charge in [0.15, 0.2) is 5.69 Å². The third-order valence-corrected chi connectivity index (χ3v) is 4.07. The average Bonchev–Trinajstić information content (AvgIpc) is 3.15. The summed E-state index contributed by atoms with van der Waals surface area (Å²) in [4.78, 5) is 26.5. The van der Waals surface area contributed by atoms with Crippen molar-refractivity contribution in [1.82, 2.24) is 14.9 Å². The van der Waals surface area contributed by atoms with Gasteiger partial charge in [-0.2, -0.15) is 0 Å². The molecule has 6 heteroatoms. The molecule has 1 aromatic heterocycles. The number of aryl methyl sites for hydroxylation is 2. The van der Waals surface area contributed by atoms with Crippen LogP contribution < -0.4 is 5.32 Å². The van der Waals surface area contributed by atoms with E-state index in [0.29, 0.717) is 19.5 Å². The molecule has 0 fully saturated rings. The van der Waals surface area contributed by atoms with E-state index in [9.17, 15) is 9.59 Å². The molecular weight excluding hydrogens is 294 g/mol. The number of carbonyl (C=O) groups excluding carboxylic acids is 1. The maximum absolute atomic E-state index is 12.0. The van der Waals surface area contributed by atoms with E-state index in [-0.39, 0.29) is 11.6 Å². The zero-order valence-corrected chi connectivity index (χ0v) is 12.8. The third-order valence-electron chi connectivity index (χ3n) is 4.07. The average molecular weight is 313 g/mol. The van der Waals surface area contributed by atoms with Crippen LogP contribution in [0.2, 0.25) is 0 Å². The number of amides is 1. The molecule has 0 spiro atoms. The fourth-order valence-corrected chi connectivity index (χ4v) is 2.90. The highest BCUT2D eigenvalue weighted by atomic mass is 16.4. The van der Waals surface area contributed by atoms with Gasteiger partial charge in [-0.1, -0.05) is 18.2 Å². The minimum absolute atomic E-state index is 0.00877. The molecule has 1 amide bonds. The Bertz CT molecular complexity index is 736. The normalized spacial score (nSPS) is 12.9. The maximum Gasteiger partial charge on any atom is 0.356 e. The molecule has 1 aliphatic carbocycles. The van der Waals surface area contributed by atoms with Gasteiger partial charge in [-0.3, -0.25) is 4.79 Å². The van der Waals surface area contributed by atoms with Crippen molar-refractivity contribution in [3.63, 3.8) is 0 Å². The summed E-state index contributed by atoms with van der Waals surface area (Å²) in [6.07, 6.45) is 6.74. The van der Waals surface area contributed by atoms with E-state index >= 15 is 0 Å². The van der Waals surface area contributed by atoms with Crippen LogP contribution in [0.25, 0.3) is 0 Å². The van der Waals surface area contributed by atoms with Gasteiger partial charge >= 0.3 is 5.97 Å². The van der Waals surface area contributed by atoms with Gasteiger partial charge in [-0.15, -0.1) is 0 Å². The van der Waals surface area contributed by atoms with E-state index < -0.39 is 5.97 Å². The molecule has 0 bridgehead atoms. The summed E-state index contributed by atoms with van der Waals surface area (Å²) in [6.45, 7) is 0.940. The number of aromatic carboxylic acids is 1. The first kappa shape index (κ1) is 15.3. The molecular formula is C17H19N3O3. The summed E-state index contributed by atoms with van der Waals surface area (Å²) >= 11 is 0. The number of hydrogen-bond donors (Lipinski definition) is 2. The Hall–Kier alpha value is -2.63. The minimum Gasteiger partial charge on any atom is -0.476 e. The summed E-state index contributed by atoms with van der Waals surface area (Å²) in [6, 6.07) is 6.29. The number of nitrogens with zero attached hydrogens (tertiary/aromatic N) is 2. The first-order valence-electron chi connectivity index (χ1n) is 7.74. The van der Waals surface area contributed by atoms with Gasteiger partial charge in [-0.05, 0) is 36.0 Å². The lowest BCUT2D eigenvalue weighted by Gasteiger charge is -2.07. The van der Waals surface area contributed by atoms with E-state index in [0.717, 1.165) is 18.4 Å². The molecule has 2 aromatic rings. The quantitative estimate of drug-likeness (QED) is 0.845. The molecule has 0 aliphatic heterocycles. The highest BCUT2D eigenvalue weighted by Gasteiger charge is 2.12. The van der Waals surface area contributed by atoms with Crippen LogP contribution in [0.4, 0.5) is 0 Å². The molecule has 3 rings (SSSR count). The fraction of sp³-hybridized carbons (Fsp3) is 0.353. The topological polar surface area (TPSA) is 84.2 Å². The SMILES string of the molecule is O=C(Cc1ccc2c(c1)CCC2)NCCn1cnc(C(=O)O)c1. The Kier molecular flexibility index (Phi) is 4.41. The summed E-state index contributed by atoms with van der Waals surface area (Å²) in [5, 5.41) is 11.6. The zero-order valence-electron chi connectivity index (χ0n) is 12.8. The molecule has 0 atom stereocenters. The molecule has 1 heterocycles. The summed E-state index contributed by atoms with van der Waals surface area (Å²) in [7, 11) is 0. The second-order valence-electron chi connectivity index (χ2n) is 5.79. The summed E-state index contributed by atoms with van der Waals surface area (Å²) in [5.41, 5.74) is 3.83. The van der Waals surface area contributed by atoms with Gasteiger partial charge in [0.2, 0.25) is 5.91 Å². The Morgan fingerprint density at radius 2 is 2.09 bits per heavy atom. The first-order valence-corrected chi connectivity index (χ1v) is 7.74. The highest BCUT2D eigenvalue weighted by molar-refractivity contribution is 5.84. The lowest BCUT2D eigenvalue weighted by Crippen LogP contribution is -2.28. The smallest absolute Gasteiger partial charge is 0.356 e. The Balaban J connectivity index is 1.47. The van der Waals surface area contributed by atoms with Gasteiger partial charge in [0.1, 0.15) is 0 Å². The maximum atomic E-state index is 12.0. The number of carboxylic acid groups (broad SMARTS) is 1. The number of benzene rings is 1. The molecule has 0 radical (unpaired) electrons. The molecule has 1 aliphatic rings. The van der Waals surface area contributed by atoms with Gasteiger partial charge < -0.3 is 15.0 Å². The molecule has 1 aromatic carbocycles. The van der Waals surface area contributed by atoms with Crippen molar-refractivity contribution in [2.75, 3.05) is 6.54 Å². The van der Waals surface area contributed by atoms with Gasteiger partial charge in [0, 0.05) is 19.3 Å². The number of aromatic nitrogens is 2. The van der Waals surface area contributed by atoms with Gasteiger partial charge in [0.05, 0.1) is 12.7 Å². The van der Waals surface area contributed by atoms with Crippen LogP contribution in [0.15, 0.2) is 30.7 Å². The highest BCUT2D eigenvalue weighted by Crippen LogP contribution is 2.22. The van der Waals surface area contributed by atoms with Crippen LogP contribution >= 0.6 is 0 Å². The van der Waals surface area contributed by atoms with Crippen molar-refractivity contribution >= 4 is 11.9 Å². The van der Waals surface area contributed by atoms with Gasteiger partial charge in [0.25, 0.3) is 0 Å². The number of carboxylic acids is 1. The van der Waals surface area contributed by atoms with Crippen LogP contribution in [0, 0.1) is 0 Å². The predicted molar refractivity (Wildman–Crippen MR) is 84.4 cm³/mol. The van der Waals surface area contributed by atoms with Crippen LogP contribution in [-0.2, 0) is 30.6 Å². The number of nitrogens with one attached hydrogen (secondary N) is 1. The van der Waals surface area contributed by atoms with E-state index in [4.69, 9.17) is 5.11 Å². The Labute approximate surface area is 134 Å². The monoisotopic (exact) mass is 313 g/mol. The Morgan fingerprint density at radius 1 is 1.26 bits per heavy atom. The molecule has 2 N–H and O–H groups in total. The lowest BCUT2D eigenvalue weighted by atomic mass is 10.0. The third kappa shape index (κ3) is 3.77. The van der Waals surface area contributed by atoms with Crippen molar-refractivity contribution in [1.29, 1.82) is 0 Å². The van der Waals surface area contributed by atoms with Crippen LogP contribution in [0.3, 0.4) is 0 Å². The largest absolute Gasteiger partial charge is 0.476 e. The van der Waals surface area contributed by atoms with Crippen molar-refractivity contribution < 1.29 is 14.7 Å². The molecule has 6 nitrogen and oxygen atoms in total. The van der Waals surface area contributed by atoms with Crippen molar-refractivity contribution in [2.24, 2.45) is 0 Å². The predicted octanol–water partition coefficient (Wildman–Crippen LogP) is 1.43. The minimum atomic E-state index is -1.05. The summed E-state index contributed by atoms with van der Waals surface area (Å²) in [5.74, 6) is -1.08. The Morgan fingerprint density at radius 3 is 2.87 bits per heavy atom. The lowest BCUT2D eigenvalue weighted by molar-refractivity contribution is -0.120. The molecule has 0 saturated carbocycles. The van der Waals surface area contributed by atoms with E-state index in [2.05, 4.69) is 22.4 Å². The van der Waals surface area contributed by atoms with Gasteiger partial charge in [-0.25, -0.2) is 9.78 Å². The number of carbonyl (C=O) groups is 2. The second kappa shape index (κ2) is 6.64. The zero-order chi connectivity index (χ0) is 16.2. The number of hydrogen-bond acceptors (Lipinski definition) is 3. The molecule has 120 valence electrons.